The minimum absolute atomic E-state index is 0.0592. The fourth-order valence-electron chi connectivity index (χ4n) is 12.9. The zero-order valence-electron chi connectivity index (χ0n) is 60.6. The molecule has 5 aromatic rings. The molecule has 0 aliphatic carbocycles. The summed E-state index contributed by atoms with van der Waals surface area (Å²) >= 11 is 7.96. The number of ether oxygens (including phenoxy) is 8. The maximum atomic E-state index is 12.9. The quantitative estimate of drug-likeness (QED) is 0.0570. The SMILES string of the molecule is CC[C@@]12COC([C@H](n3cc(I)c(-n4cncn4)nc3=O)O1)[C@H]2O[Si](C)(C)C(C)(C)C.CC[C@@]12COC([C@H](n3cc(I)c(=O)[nH]c3=O)O1)[C@H]2O.CC[C@@]12COC([C@H](n3cc(I)c(=O)[nH]c3=O)O1)[C@H]2O[Si](C)(C)C(C)(C)C.CC[C@@]12COC([C@H](n3cc(I)c(N)nc3=O)O1)[C@H]2O[Si](C)(C)C(C)(C)C. The third-order valence-corrected chi connectivity index (χ3v) is 38.9. The van der Waals surface area contributed by atoms with E-state index < -0.39 is 118 Å². The highest BCUT2D eigenvalue weighted by molar-refractivity contribution is 14.1. The van der Waals surface area contributed by atoms with Crippen molar-refractivity contribution < 1.29 is 56.3 Å². The molecule has 37 heteroatoms. The Bertz CT molecular complexity index is 4250. The third-order valence-electron chi connectivity index (χ3n) is 22.4. The summed E-state index contributed by atoms with van der Waals surface area (Å²) in [5.74, 6) is 0.674. The van der Waals surface area contributed by atoms with Crippen LogP contribution in [0.5, 0.6) is 0 Å². The molecule has 0 aromatic carbocycles. The second-order valence-electron chi connectivity index (χ2n) is 31.5. The Hall–Kier alpha value is -2.85. The van der Waals surface area contributed by atoms with Crippen LogP contribution in [-0.2, 0) is 51.2 Å². The van der Waals surface area contributed by atoms with E-state index in [4.69, 9.17) is 56.9 Å². The molecule has 8 bridgehead atoms. The Morgan fingerprint density at radius 3 is 1.20 bits per heavy atom. The Balaban J connectivity index is 0.000000147. The molecule has 0 spiro atoms. The number of nitrogens with two attached hydrogens (primary N) is 1. The first-order valence-corrected chi connectivity index (χ1v) is 46.9. The Kier molecular flexibility index (Phi) is 23.4. The summed E-state index contributed by atoms with van der Waals surface area (Å²) in [5, 5.41) is 14.5. The van der Waals surface area contributed by atoms with Gasteiger partial charge in [-0.25, -0.2) is 28.8 Å². The van der Waals surface area contributed by atoms with Crippen molar-refractivity contribution in [3.05, 3.63) is 114 Å². The number of nitrogens with one attached hydrogen (secondary N) is 2. The molecule has 30 nitrogen and oxygen atoms in total. The van der Waals surface area contributed by atoms with Crippen molar-refractivity contribution in [1.82, 2.24) is 53.0 Å². The molecule has 13 heterocycles. The minimum atomic E-state index is -2.06. The zero-order valence-corrected chi connectivity index (χ0v) is 72.2. The van der Waals surface area contributed by atoms with E-state index in [1.54, 1.807) is 12.4 Å². The van der Waals surface area contributed by atoms with Gasteiger partial charge in [-0.1, -0.05) is 90.0 Å². The molecule has 4 unspecified atom stereocenters. The van der Waals surface area contributed by atoms with E-state index in [0.29, 0.717) is 49.4 Å². The Labute approximate surface area is 643 Å². The minimum Gasteiger partial charge on any atom is -0.408 e. The van der Waals surface area contributed by atoms with Gasteiger partial charge >= 0.3 is 22.8 Å². The fraction of sp³-hybridized carbons (Fsp3) is 0.719. The molecule has 8 fully saturated rings. The van der Waals surface area contributed by atoms with Crippen molar-refractivity contribution in [2.24, 2.45) is 0 Å². The molecule has 5 aromatic heterocycles. The molecular weight excluding hydrogens is 1820 g/mol. The molecule has 0 saturated carbocycles. The van der Waals surface area contributed by atoms with Crippen molar-refractivity contribution in [3.8, 4) is 5.82 Å². The number of aromatic amines is 2. The van der Waals surface area contributed by atoms with Crippen molar-refractivity contribution in [2.75, 3.05) is 32.2 Å². The monoisotopic (exact) mass is 1910 g/mol. The largest absolute Gasteiger partial charge is 0.408 e. The van der Waals surface area contributed by atoms with Crippen LogP contribution in [0, 0.1) is 14.3 Å². The average Bonchev–Trinajstić information content (AvgIpc) is 1.58. The van der Waals surface area contributed by atoms with Gasteiger partial charge in [0.2, 0.25) is 0 Å². The molecule has 560 valence electrons. The van der Waals surface area contributed by atoms with E-state index in [0.717, 1.165) is 22.8 Å². The maximum absolute atomic E-state index is 12.9. The average molecular weight is 1910 g/mol. The molecule has 0 amide bonds. The van der Waals surface area contributed by atoms with Crippen LogP contribution in [-0.4, -0.2) is 181 Å². The van der Waals surface area contributed by atoms with E-state index in [9.17, 15) is 33.9 Å². The first kappa shape index (κ1) is 80.7. The number of hydrogen-bond donors (Lipinski definition) is 4. The highest BCUT2D eigenvalue weighted by Crippen LogP contribution is 2.55. The van der Waals surface area contributed by atoms with Crippen molar-refractivity contribution in [3.63, 3.8) is 0 Å². The predicted octanol–water partition coefficient (Wildman–Crippen LogP) is 7.98. The summed E-state index contributed by atoms with van der Waals surface area (Å²) in [7, 11) is -6.13. The molecule has 0 radical (unpaired) electrons. The third kappa shape index (κ3) is 15.0. The van der Waals surface area contributed by atoms with Gasteiger partial charge in [0.25, 0.3) is 11.1 Å². The van der Waals surface area contributed by atoms with Gasteiger partial charge in [0.1, 0.15) is 89.7 Å². The highest BCUT2D eigenvalue weighted by atomic mass is 127. The topological polar surface area (TPSA) is 358 Å². The van der Waals surface area contributed by atoms with Crippen LogP contribution in [0.15, 0.2) is 66.2 Å². The van der Waals surface area contributed by atoms with Gasteiger partial charge in [-0.05, 0) is 170 Å². The van der Waals surface area contributed by atoms with Gasteiger partial charge in [-0.15, -0.1) is 0 Å². The van der Waals surface area contributed by atoms with Gasteiger partial charge in [0.15, 0.2) is 55.7 Å². The smallest absolute Gasteiger partial charge is 0.351 e. The lowest BCUT2D eigenvalue weighted by molar-refractivity contribution is -0.175. The Morgan fingerprint density at radius 1 is 0.515 bits per heavy atom. The zero-order chi connectivity index (χ0) is 74.7. The molecule has 5 N–H and O–H groups in total. The number of anilines is 1. The first-order chi connectivity index (χ1) is 46.8. The van der Waals surface area contributed by atoms with Gasteiger partial charge in [-0.3, -0.25) is 37.8 Å². The number of hydrogen-bond acceptors (Lipinski definition) is 23. The van der Waals surface area contributed by atoms with E-state index in [1.807, 2.05) is 52.1 Å². The highest BCUT2D eigenvalue weighted by Gasteiger charge is 2.67. The molecule has 16 atom stereocenters. The molecule has 8 aliphatic rings. The summed E-state index contributed by atoms with van der Waals surface area (Å²) in [5.41, 5.74) is 0.618. The van der Waals surface area contributed by atoms with Crippen molar-refractivity contribution >= 4 is 121 Å². The normalized spacial score (nSPS) is 31.8. The van der Waals surface area contributed by atoms with Crippen LogP contribution < -0.4 is 39.6 Å². The lowest BCUT2D eigenvalue weighted by atomic mass is 9.96. The second-order valence-corrected chi connectivity index (χ2v) is 50.5. The summed E-state index contributed by atoms with van der Waals surface area (Å²) < 4.78 is 78.4. The molecule has 13 rings (SSSR count). The van der Waals surface area contributed by atoms with Crippen LogP contribution in [0.25, 0.3) is 5.82 Å². The number of fused-ring (bicyclic) bond motifs is 8. The van der Waals surface area contributed by atoms with E-state index in [-0.39, 0.29) is 57.6 Å². The van der Waals surface area contributed by atoms with Gasteiger partial charge in [0, 0.05) is 24.8 Å². The van der Waals surface area contributed by atoms with Crippen molar-refractivity contribution in [1.29, 1.82) is 0 Å². The molecule has 101 heavy (non-hydrogen) atoms. The molecular formula is C64H96I4N12O18Si3. The van der Waals surface area contributed by atoms with E-state index in [1.165, 1.54) is 48.0 Å². The Morgan fingerprint density at radius 2 is 0.842 bits per heavy atom. The lowest BCUT2D eigenvalue weighted by Crippen LogP contribution is -2.51. The fourth-order valence-corrected chi connectivity index (χ4v) is 18.8. The second kappa shape index (κ2) is 29.3. The number of aromatic nitrogens is 11. The maximum Gasteiger partial charge on any atom is 0.351 e. The van der Waals surface area contributed by atoms with E-state index in [2.05, 4.69) is 198 Å². The van der Waals surface area contributed by atoms with Crippen molar-refractivity contribution in [2.45, 2.75) is 266 Å². The van der Waals surface area contributed by atoms with Gasteiger partial charge < -0.3 is 62.0 Å². The van der Waals surface area contributed by atoms with Crippen LogP contribution in [0.2, 0.25) is 54.4 Å². The van der Waals surface area contributed by atoms with Crippen LogP contribution >= 0.6 is 90.4 Å². The molecule has 8 aliphatic heterocycles. The predicted molar refractivity (Wildman–Crippen MR) is 414 cm³/mol. The van der Waals surface area contributed by atoms with E-state index >= 15 is 0 Å². The van der Waals surface area contributed by atoms with Crippen LogP contribution in [0.3, 0.4) is 0 Å². The van der Waals surface area contributed by atoms with Crippen LogP contribution in [0.1, 0.15) is 141 Å². The number of nitrogen functional groups attached to an aromatic ring is 1. The summed E-state index contributed by atoms with van der Waals surface area (Å²) in [6.45, 7) is 43.0. The van der Waals surface area contributed by atoms with Gasteiger partial charge in [-0.2, -0.15) is 15.1 Å². The number of nitrogens with zero attached hydrogens (tertiary/aromatic N) is 9. The van der Waals surface area contributed by atoms with Gasteiger partial charge in [0.05, 0.1) is 40.7 Å². The number of aliphatic hydroxyl groups is 1. The number of halogens is 4. The number of H-pyrrole nitrogens is 2. The summed E-state index contributed by atoms with van der Waals surface area (Å²) in [6, 6.07) is 0. The first-order valence-electron chi connectivity index (χ1n) is 33.9. The molecule has 8 saturated heterocycles. The summed E-state index contributed by atoms with van der Waals surface area (Å²) in [6.07, 6.45) is 6.66. The summed E-state index contributed by atoms with van der Waals surface area (Å²) in [4.78, 5) is 89.1. The number of aliphatic hydroxyl groups excluding tert-OH is 1. The lowest BCUT2D eigenvalue weighted by Gasteiger charge is -2.40. The van der Waals surface area contributed by atoms with Crippen LogP contribution in [0.4, 0.5) is 5.82 Å². The standard InChI is InChI=1S/C19H28IN5O4Si.C17H28IN3O4Si.C17H27IN2O5Si.C11H13IN2O5/c1-7-19-9-27-13(14(19)29-30(5,6)18(2,3)4)16(28-19)24-8-12(20)15(23-17(24)26)25-11-21-10-22-25;1-7-17-9-23-11(12(17)25-26(5,6)16(2,3)4)14(24-17)21-8-10(18)13(19)20-15(21)22;1-7-17-9-23-11(12(17)25-26(5,6)16(2,3)4)14(24-17)20-8-10(18)13(21)19-15(20)22;1-2-11-4-18-6(7(11)15)9(19-11)14-3-5(12)8(16)13-10(14)17/h8,10-11,13-14,16H,7,9H2,1-6H3;8,11-12,14H,7,9H2,1-6H3,(H2,19,20,22);8,11-12,14H,7,9H2,1-6H3,(H,19,21,22);3,6-7,9,15H,2,4H2,1H3,(H,13,16,17)/t13?,14-,16-,19+;2*11?,12-,14-,17+;6?,7-,9-,11+/m1111/s1. The number of rotatable bonds is 15.